The molecule has 0 saturated carbocycles. The van der Waals surface area contributed by atoms with Crippen molar-refractivity contribution < 1.29 is 14.0 Å². The number of carbonyl (C=O) groups excluding carboxylic acids is 2. The maximum atomic E-state index is 13.6. The van der Waals surface area contributed by atoms with Gasteiger partial charge in [0, 0.05) is 23.4 Å². The molecule has 0 bridgehead atoms. The maximum Gasteiger partial charge on any atom is 0.291 e. The first kappa shape index (κ1) is 19.6. The van der Waals surface area contributed by atoms with Crippen LogP contribution in [0.15, 0.2) is 89.5 Å². The zero-order valence-electron chi connectivity index (χ0n) is 17.5. The summed E-state index contributed by atoms with van der Waals surface area (Å²) in [6.07, 6.45) is 1.48. The average molecular weight is 423 g/mol. The molecule has 5 rings (SSSR count). The van der Waals surface area contributed by atoms with Gasteiger partial charge in [0.1, 0.15) is 0 Å². The van der Waals surface area contributed by atoms with Gasteiger partial charge in [-0.3, -0.25) is 14.5 Å². The highest BCUT2D eigenvalue weighted by Gasteiger charge is 2.26. The van der Waals surface area contributed by atoms with Crippen LogP contribution in [0.2, 0.25) is 0 Å². The highest BCUT2D eigenvalue weighted by Crippen LogP contribution is 2.38. The molecule has 0 spiro atoms. The van der Waals surface area contributed by atoms with E-state index in [2.05, 4.69) is 10.6 Å². The van der Waals surface area contributed by atoms with Gasteiger partial charge in [0.25, 0.3) is 11.8 Å². The second kappa shape index (κ2) is 8.07. The van der Waals surface area contributed by atoms with Crippen molar-refractivity contribution >= 4 is 34.6 Å². The van der Waals surface area contributed by atoms with Crippen LogP contribution in [0, 0.1) is 6.92 Å². The van der Waals surface area contributed by atoms with Crippen molar-refractivity contribution in [3.05, 3.63) is 108 Å². The molecule has 32 heavy (non-hydrogen) atoms. The van der Waals surface area contributed by atoms with Crippen molar-refractivity contribution in [2.75, 3.05) is 15.5 Å². The second-order valence-corrected chi connectivity index (χ2v) is 7.60. The lowest BCUT2D eigenvalue weighted by Crippen LogP contribution is -2.26. The fourth-order valence-electron chi connectivity index (χ4n) is 3.85. The molecular formula is C26H21N3O3. The van der Waals surface area contributed by atoms with E-state index < -0.39 is 0 Å². The van der Waals surface area contributed by atoms with Crippen LogP contribution in [0.4, 0.5) is 22.7 Å². The SMILES string of the molecule is Cc1ccoc1C(=O)Nc1ccc(C(=O)N2c3ccccc3CNc3ccccc32)cc1. The Labute approximate surface area is 185 Å². The van der Waals surface area contributed by atoms with E-state index in [0.717, 1.165) is 28.2 Å². The van der Waals surface area contributed by atoms with Gasteiger partial charge in [-0.2, -0.15) is 0 Å². The molecule has 1 aliphatic rings. The van der Waals surface area contributed by atoms with Gasteiger partial charge in [0.2, 0.25) is 0 Å². The third-order valence-corrected chi connectivity index (χ3v) is 5.51. The summed E-state index contributed by atoms with van der Waals surface area (Å²) in [5.41, 5.74) is 5.45. The summed E-state index contributed by atoms with van der Waals surface area (Å²) in [5, 5.41) is 6.22. The van der Waals surface area contributed by atoms with Gasteiger partial charge in [-0.05, 0) is 61.0 Å². The number of carbonyl (C=O) groups is 2. The highest BCUT2D eigenvalue weighted by atomic mass is 16.3. The summed E-state index contributed by atoms with van der Waals surface area (Å²) in [4.78, 5) is 27.8. The number of hydrogen-bond donors (Lipinski definition) is 2. The predicted octanol–water partition coefficient (Wildman–Crippen LogP) is 5.74. The Morgan fingerprint density at radius 3 is 2.38 bits per heavy atom. The summed E-state index contributed by atoms with van der Waals surface area (Å²) in [5.74, 6) is -0.197. The lowest BCUT2D eigenvalue weighted by atomic mass is 10.1. The number of nitrogens with zero attached hydrogens (tertiary/aromatic N) is 1. The first-order valence-electron chi connectivity index (χ1n) is 10.3. The number of aryl methyl sites for hydroxylation is 1. The van der Waals surface area contributed by atoms with Crippen LogP contribution in [0.5, 0.6) is 0 Å². The molecule has 0 radical (unpaired) electrons. The maximum absolute atomic E-state index is 13.6. The van der Waals surface area contributed by atoms with Gasteiger partial charge in [0.05, 0.1) is 23.3 Å². The second-order valence-electron chi connectivity index (χ2n) is 7.60. The number of fused-ring (bicyclic) bond motifs is 2. The Morgan fingerprint density at radius 1 is 0.906 bits per heavy atom. The van der Waals surface area contributed by atoms with Gasteiger partial charge < -0.3 is 15.1 Å². The van der Waals surface area contributed by atoms with Gasteiger partial charge in [-0.1, -0.05) is 30.3 Å². The largest absolute Gasteiger partial charge is 0.459 e. The molecule has 2 amide bonds. The van der Waals surface area contributed by atoms with Crippen LogP contribution in [-0.4, -0.2) is 11.8 Å². The van der Waals surface area contributed by atoms with E-state index in [9.17, 15) is 9.59 Å². The van der Waals surface area contributed by atoms with Crippen LogP contribution in [-0.2, 0) is 6.54 Å². The van der Waals surface area contributed by atoms with E-state index in [-0.39, 0.29) is 17.6 Å². The topological polar surface area (TPSA) is 74.6 Å². The van der Waals surface area contributed by atoms with E-state index in [1.54, 1.807) is 35.2 Å². The zero-order chi connectivity index (χ0) is 22.1. The standard InChI is InChI=1S/C26H21N3O3/c1-17-14-15-32-24(17)25(30)28-20-12-10-18(11-13-20)26(31)29-22-8-4-2-6-19(22)16-27-21-7-3-5-9-23(21)29/h2-15,27H,16H2,1H3,(H,28,30). The van der Waals surface area contributed by atoms with Gasteiger partial charge >= 0.3 is 0 Å². The minimum Gasteiger partial charge on any atom is -0.459 e. The number of anilines is 4. The van der Waals surface area contributed by atoms with E-state index in [4.69, 9.17) is 4.42 Å². The molecule has 0 fully saturated rings. The van der Waals surface area contributed by atoms with Crippen molar-refractivity contribution in [1.82, 2.24) is 0 Å². The monoisotopic (exact) mass is 423 g/mol. The Bertz CT molecular complexity index is 1260. The minimum absolute atomic E-state index is 0.145. The molecule has 0 atom stereocenters. The molecule has 0 aliphatic carbocycles. The fraction of sp³-hybridized carbons (Fsp3) is 0.0769. The van der Waals surface area contributed by atoms with Crippen LogP contribution in [0.1, 0.15) is 32.0 Å². The number of hydrogen-bond acceptors (Lipinski definition) is 4. The van der Waals surface area contributed by atoms with Crippen molar-refractivity contribution in [3.63, 3.8) is 0 Å². The van der Waals surface area contributed by atoms with Crippen LogP contribution >= 0.6 is 0 Å². The van der Waals surface area contributed by atoms with Crippen molar-refractivity contribution in [2.24, 2.45) is 0 Å². The number of furan rings is 1. The molecule has 1 aliphatic heterocycles. The van der Waals surface area contributed by atoms with Gasteiger partial charge in [-0.15, -0.1) is 0 Å². The molecule has 3 aromatic carbocycles. The Morgan fingerprint density at radius 2 is 1.62 bits per heavy atom. The molecule has 1 aromatic heterocycles. The summed E-state index contributed by atoms with van der Waals surface area (Å²) in [6, 6.07) is 24.3. The zero-order valence-corrected chi connectivity index (χ0v) is 17.5. The number of rotatable bonds is 3. The molecule has 6 nitrogen and oxygen atoms in total. The third-order valence-electron chi connectivity index (χ3n) is 5.51. The van der Waals surface area contributed by atoms with Crippen molar-refractivity contribution in [1.29, 1.82) is 0 Å². The van der Waals surface area contributed by atoms with Crippen LogP contribution in [0.3, 0.4) is 0 Å². The lowest BCUT2D eigenvalue weighted by Gasteiger charge is -2.24. The predicted molar refractivity (Wildman–Crippen MR) is 125 cm³/mol. The first-order valence-corrected chi connectivity index (χ1v) is 10.3. The van der Waals surface area contributed by atoms with E-state index in [1.807, 2.05) is 55.5 Å². The molecule has 0 saturated heterocycles. The summed E-state index contributed by atoms with van der Waals surface area (Å²) >= 11 is 0. The molecule has 0 unspecified atom stereocenters. The Balaban J connectivity index is 1.46. The van der Waals surface area contributed by atoms with E-state index in [0.29, 0.717) is 17.8 Å². The van der Waals surface area contributed by atoms with E-state index in [1.165, 1.54) is 6.26 Å². The summed E-state index contributed by atoms with van der Waals surface area (Å²) in [7, 11) is 0. The summed E-state index contributed by atoms with van der Waals surface area (Å²) in [6.45, 7) is 2.44. The van der Waals surface area contributed by atoms with E-state index >= 15 is 0 Å². The fourth-order valence-corrected chi connectivity index (χ4v) is 3.85. The number of nitrogens with one attached hydrogen (secondary N) is 2. The minimum atomic E-state index is -0.326. The quantitative estimate of drug-likeness (QED) is 0.440. The first-order chi connectivity index (χ1) is 15.6. The molecule has 2 heterocycles. The molecular weight excluding hydrogens is 402 g/mol. The average Bonchev–Trinajstić information content (AvgIpc) is 3.18. The number of amides is 2. The smallest absolute Gasteiger partial charge is 0.291 e. The van der Waals surface area contributed by atoms with Crippen LogP contribution < -0.4 is 15.5 Å². The number of para-hydroxylation sites is 3. The highest BCUT2D eigenvalue weighted by molar-refractivity contribution is 6.13. The Kier molecular flexibility index (Phi) is 4.95. The lowest BCUT2D eigenvalue weighted by molar-refractivity contribution is 0.0991. The Hall–Kier alpha value is -4.32. The van der Waals surface area contributed by atoms with Crippen LogP contribution in [0.25, 0.3) is 0 Å². The van der Waals surface area contributed by atoms with Gasteiger partial charge in [0.15, 0.2) is 5.76 Å². The van der Waals surface area contributed by atoms with Crippen molar-refractivity contribution in [2.45, 2.75) is 13.5 Å². The third kappa shape index (κ3) is 3.52. The molecule has 6 heteroatoms. The molecule has 2 N–H and O–H groups in total. The van der Waals surface area contributed by atoms with Crippen molar-refractivity contribution in [3.8, 4) is 0 Å². The normalized spacial score (nSPS) is 12.2. The van der Waals surface area contributed by atoms with Gasteiger partial charge in [-0.25, -0.2) is 0 Å². The summed E-state index contributed by atoms with van der Waals surface area (Å²) < 4.78 is 5.24. The molecule has 4 aromatic rings. The molecule has 158 valence electrons. The number of benzene rings is 3.